The molecule has 1 aromatic carbocycles. The molecule has 1 fully saturated rings. The quantitative estimate of drug-likeness (QED) is 0.537. The maximum atomic E-state index is 9.66. The highest BCUT2D eigenvalue weighted by molar-refractivity contribution is 7.80. The Kier molecular flexibility index (Phi) is 6.02. The van der Waals surface area contributed by atoms with E-state index in [9.17, 15) is 5.11 Å². The first-order chi connectivity index (χ1) is 14.4. The molecule has 0 unspecified atom stereocenters. The number of aromatic nitrogens is 2. The monoisotopic (exact) mass is 460 g/mol. The van der Waals surface area contributed by atoms with Gasteiger partial charge >= 0.3 is 0 Å². The molecule has 0 saturated carbocycles. The number of halogens is 2. The van der Waals surface area contributed by atoms with Crippen LogP contribution in [-0.2, 0) is 0 Å². The smallest absolute Gasteiger partial charge is 0.170 e. The number of benzene rings is 1. The second kappa shape index (κ2) is 8.55. The molecule has 3 heterocycles. The van der Waals surface area contributed by atoms with Gasteiger partial charge in [0.05, 0.1) is 35.1 Å². The van der Waals surface area contributed by atoms with Crippen LogP contribution in [0.5, 0.6) is 0 Å². The normalized spacial score (nSPS) is 18.7. The Bertz CT molecular complexity index is 1090. The lowest BCUT2D eigenvalue weighted by Crippen LogP contribution is -2.32. The molecule has 5 nitrogen and oxygen atoms in total. The van der Waals surface area contributed by atoms with Gasteiger partial charge in [0.1, 0.15) is 0 Å². The van der Waals surface area contributed by atoms with Crippen molar-refractivity contribution in [3.8, 4) is 5.69 Å². The van der Waals surface area contributed by atoms with Crippen LogP contribution in [0.3, 0.4) is 0 Å². The predicted octanol–water partition coefficient (Wildman–Crippen LogP) is 4.76. The Morgan fingerprint density at radius 3 is 2.63 bits per heavy atom. The second-order valence-corrected chi connectivity index (χ2v) is 8.53. The molecule has 0 bridgehead atoms. The van der Waals surface area contributed by atoms with Crippen molar-refractivity contribution in [3.63, 3.8) is 0 Å². The number of pyridine rings is 1. The number of aliphatic hydroxyl groups excluding tert-OH is 1. The molecule has 0 radical (unpaired) electrons. The van der Waals surface area contributed by atoms with Crippen LogP contribution in [-0.4, -0.2) is 37.8 Å². The summed E-state index contributed by atoms with van der Waals surface area (Å²) in [5.41, 5.74) is 4.99. The maximum absolute atomic E-state index is 9.66. The molecule has 0 aliphatic carbocycles. The molecule has 156 valence electrons. The number of hydrogen-bond acceptors (Lipinski definition) is 3. The third kappa shape index (κ3) is 3.69. The third-order valence-electron chi connectivity index (χ3n) is 5.48. The van der Waals surface area contributed by atoms with Crippen molar-refractivity contribution in [2.75, 3.05) is 13.2 Å². The summed E-state index contributed by atoms with van der Waals surface area (Å²) >= 11 is 18.2. The Balaban J connectivity index is 1.85. The molecular formula is C22H22Cl2N4OS. The fraction of sp³-hybridized carbons (Fsp3) is 0.273. The zero-order chi connectivity index (χ0) is 21.4. The minimum absolute atomic E-state index is 0.00894. The molecule has 1 saturated heterocycles. The van der Waals surface area contributed by atoms with Gasteiger partial charge in [0.25, 0.3) is 0 Å². The van der Waals surface area contributed by atoms with Crippen LogP contribution in [0.15, 0.2) is 48.7 Å². The van der Waals surface area contributed by atoms with E-state index in [0.29, 0.717) is 21.7 Å². The Labute approximate surface area is 191 Å². The highest BCUT2D eigenvalue weighted by Crippen LogP contribution is 2.41. The summed E-state index contributed by atoms with van der Waals surface area (Å²) < 4.78 is 2.13. The average Bonchev–Trinajstić information content (AvgIpc) is 3.19. The van der Waals surface area contributed by atoms with E-state index in [1.54, 1.807) is 12.3 Å². The summed E-state index contributed by atoms with van der Waals surface area (Å²) in [5, 5.41) is 14.9. The minimum atomic E-state index is -0.125. The first-order valence-corrected chi connectivity index (χ1v) is 10.8. The van der Waals surface area contributed by atoms with Gasteiger partial charge < -0.3 is 19.9 Å². The molecule has 1 aliphatic heterocycles. The summed E-state index contributed by atoms with van der Waals surface area (Å²) in [6.07, 6.45) is 1.78. The van der Waals surface area contributed by atoms with E-state index >= 15 is 0 Å². The molecular weight excluding hydrogens is 439 g/mol. The molecule has 2 atom stereocenters. The molecule has 0 amide bonds. The van der Waals surface area contributed by atoms with E-state index in [0.717, 1.165) is 28.3 Å². The van der Waals surface area contributed by atoms with Gasteiger partial charge in [-0.2, -0.15) is 0 Å². The van der Waals surface area contributed by atoms with E-state index < -0.39 is 0 Å². The van der Waals surface area contributed by atoms with Gasteiger partial charge in [0.15, 0.2) is 5.11 Å². The van der Waals surface area contributed by atoms with Gasteiger partial charge in [-0.3, -0.25) is 4.98 Å². The zero-order valence-electron chi connectivity index (χ0n) is 16.6. The standard InChI is InChI=1S/C22H22Cl2N4OS/c1-13-11-16(14(2)28(13)19-7-6-15(23)12-17(19)24)21-20(18-5-3-4-8-25-18)26-22(30)27(21)9-10-29/h3-8,11-12,20-21,29H,9-10H2,1-2H3,(H,26,30)/t20-,21+/m1/s1. The second-order valence-electron chi connectivity index (χ2n) is 7.30. The molecule has 1 aliphatic rings. The Morgan fingerprint density at radius 1 is 1.17 bits per heavy atom. The van der Waals surface area contributed by atoms with Gasteiger partial charge in [0, 0.05) is 29.2 Å². The van der Waals surface area contributed by atoms with Crippen LogP contribution in [0.1, 0.15) is 34.7 Å². The Hall–Kier alpha value is -2.12. The van der Waals surface area contributed by atoms with Crippen LogP contribution in [0.25, 0.3) is 5.69 Å². The first kappa shape index (κ1) is 21.1. The zero-order valence-corrected chi connectivity index (χ0v) is 19.0. The fourth-order valence-electron chi connectivity index (χ4n) is 4.21. The fourth-order valence-corrected chi connectivity index (χ4v) is 5.04. The number of rotatable bonds is 5. The lowest BCUT2D eigenvalue weighted by atomic mass is 9.97. The number of nitrogens with one attached hydrogen (secondary N) is 1. The highest BCUT2D eigenvalue weighted by atomic mass is 35.5. The number of aliphatic hydroxyl groups is 1. The van der Waals surface area contributed by atoms with Crippen molar-refractivity contribution in [2.45, 2.75) is 25.9 Å². The van der Waals surface area contributed by atoms with E-state index in [4.69, 9.17) is 35.4 Å². The summed E-state index contributed by atoms with van der Waals surface area (Å²) in [6.45, 7) is 4.57. The number of β-amino-alcohol motifs (C(OH)–C–C–N with tert-alkyl or cyclic N) is 1. The highest BCUT2D eigenvalue weighted by Gasteiger charge is 2.41. The van der Waals surface area contributed by atoms with E-state index in [1.165, 1.54) is 0 Å². The number of aryl methyl sites for hydroxylation is 1. The molecule has 30 heavy (non-hydrogen) atoms. The van der Waals surface area contributed by atoms with Crippen LogP contribution < -0.4 is 5.32 Å². The maximum Gasteiger partial charge on any atom is 0.170 e. The van der Waals surface area contributed by atoms with Crippen LogP contribution in [0.4, 0.5) is 0 Å². The van der Waals surface area contributed by atoms with E-state index in [1.807, 2.05) is 42.2 Å². The molecule has 4 rings (SSSR count). The van der Waals surface area contributed by atoms with Crippen LogP contribution >= 0.6 is 35.4 Å². The Morgan fingerprint density at radius 2 is 1.97 bits per heavy atom. The van der Waals surface area contributed by atoms with Crippen LogP contribution in [0, 0.1) is 13.8 Å². The number of hydrogen-bond donors (Lipinski definition) is 2. The largest absolute Gasteiger partial charge is 0.395 e. The summed E-state index contributed by atoms with van der Waals surface area (Å²) in [6, 6.07) is 13.3. The summed E-state index contributed by atoms with van der Waals surface area (Å²) in [4.78, 5) is 6.58. The molecule has 0 spiro atoms. The van der Waals surface area contributed by atoms with Crippen molar-refractivity contribution in [3.05, 3.63) is 81.4 Å². The molecule has 3 aromatic rings. The van der Waals surface area contributed by atoms with Gasteiger partial charge in [0.2, 0.25) is 0 Å². The van der Waals surface area contributed by atoms with Gasteiger partial charge in [-0.15, -0.1) is 0 Å². The number of nitrogens with zero attached hydrogens (tertiary/aromatic N) is 3. The van der Waals surface area contributed by atoms with Crippen molar-refractivity contribution in [1.82, 2.24) is 19.8 Å². The summed E-state index contributed by atoms with van der Waals surface area (Å²) in [7, 11) is 0. The van der Waals surface area contributed by atoms with Crippen LogP contribution in [0.2, 0.25) is 10.0 Å². The minimum Gasteiger partial charge on any atom is -0.395 e. The number of thiocarbonyl (C=S) groups is 1. The topological polar surface area (TPSA) is 53.3 Å². The van der Waals surface area contributed by atoms with E-state index in [2.05, 4.69) is 27.9 Å². The van der Waals surface area contributed by atoms with Gasteiger partial charge in [-0.1, -0.05) is 29.3 Å². The predicted molar refractivity (Wildman–Crippen MR) is 125 cm³/mol. The average molecular weight is 461 g/mol. The summed E-state index contributed by atoms with van der Waals surface area (Å²) in [5.74, 6) is 0. The van der Waals surface area contributed by atoms with Crippen molar-refractivity contribution >= 4 is 40.5 Å². The molecule has 2 aromatic heterocycles. The first-order valence-electron chi connectivity index (χ1n) is 9.65. The van der Waals surface area contributed by atoms with Gasteiger partial charge in [-0.05, 0) is 68.0 Å². The van der Waals surface area contributed by atoms with E-state index in [-0.39, 0.29) is 18.7 Å². The van der Waals surface area contributed by atoms with Crippen molar-refractivity contribution in [1.29, 1.82) is 0 Å². The van der Waals surface area contributed by atoms with Gasteiger partial charge in [-0.25, -0.2) is 0 Å². The molecule has 2 N–H and O–H groups in total. The van der Waals surface area contributed by atoms with Crippen molar-refractivity contribution < 1.29 is 5.11 Å². The lowest BCUT2D eigenvalue weighted by Gasteiger charge is -2.27. The molecule has 8 heteroatoms. The van der Waals surface area contributed by atoms with Crippen molar-refractivity contribution in [2.24, 2.45) is 0 Å². The SMILES string of the molecule is Cc1cc([C@H]2[C@@H](c3ccccn3)NC(=S)N2CCO)c(C)n1-c1ccc(Cl)cc1Cl. The third-order valence-corrected chi connectivity index (χ3v) is 6.37. The lowest BCUT2D eigenvalue weighted by molar-refractivity contribution is 0.223.